The van der Waals surface area contributed by atoms with Gasteiger partial charge in [-0.25, -0.2) is 0 Å². The molecule has 0 saturated carbocycles. The number of hydrogen-bond donors (Lipinski definition) is 2. The van der Waals surface area contributed by atoms with Crippen molar-refractivity contribution in [2.75, 3.05) is 5.73 Å². The molecule has 0 bridgehead atoms. The van der Waals surface area contributed by atoms with E-state index in [0.717, 1.165) is 5.56 Å². The number of carbonyl (C=O) groups excluding carboxylic acids is 1. The Bertz CT molecular complexity index is 564. The number of nitrogens with zero attached hydrogens (tertiary/aromatic N) is 2. The molecule has 0 atom stereocenters. The Balaban J connectivity index is 2.25. The summed E-state index contributed by atoms with van der Waals surface area (Å²) in [6.07, 6.45) is 2.99. The highest BCUT2D eigenvalue weighted by atomic mass is 35.5. The summed E-state index contributed by atoms with van der Waals surface area (Å²) in [6.45, 7) is 0.444. The van der Waals surface area contributed by atoms with Gasteiger partial charge >= 0.3 is 0 Å². The van der Waals surface area contributed by atoms with E-state index in [1.807, 2.05) is 0 Å². The minimum absolute atomic E-state index is 0.366. The van der Waals surface area contributed by atoms with Gasteiger partial charge in [0.25, 0.3) is 5.91 Å². The van der Waals surface area contributed by atoms with Crippen LogP contribution in [0.5, 0.6) is 0 Å². The average molecular weight is 251 g/mol. The molecule has 0 aliphatic heterocycles. The molecule has 4 N–H and O–H groups in total. The van der Waals surface area contributed by atoms with E-state index in [0.29, 0.717) is 22.8 Å². The van der Waals surface area contributed by atoms with Crippen LogP contribution in [0.3, 0.4) is 0 Å². The third-order valence-corrected chi connectivity index (χ3v) is 2.59. The third-order valence-electron chi connectivity index (χ3n) is 2.36. The number of aromatic nitrogens is 2. The molecule has 1 amide bonds. The fourth-order valence-electron chi connectivity index (χ4n) is 1.46. The maximum absolute atomic E-state index is 10.9. The van der Waals surface area contributed by atoms with Crippen molar-refractivity contribution in [2.24, 2.45) is 5.73 Å². The summed E-state index contributed by atoms with van der Waals surface area (Å²) in [4.78, 5) is 10.9. The molecule has 0 aliphatic carbocycles. The smallest absolute Gasteiger partial charge is 0.251 e. The summed E-state index contributed by atoms with van der Waals surface area (Å²) in [6, 6.07) is 5.22. The van der Waals surface area contributed by atoms with Crippen LogP contribution in [0.4, 0.5) is 5.69 Å². The van der Waals surface area contributed by atoms with Crippen LogP contribution in [0, 0.1) is 0 Å². The number of rotatable bonds is 3. The van der Waals surface area contributed by atoms with Crippen molar-refractivity contribution in [3.8, 4) is 0 Å². The van der Waals surface area contributed by atoms with Gasteiger partial charge in [0, 0.05) is 16.9 Å². The molecule has 0 aliphatic rings. The van der Waals surface area contributed by atoms with Crippen LogP contribution in [0.15, 0.2) is 30.6 Å². The van der Waals surface area contributed by atoms with Gasteiger partial charge in [-0.05, 0) is 23.8 Å². The van der Waals surface area contributed by atoms with Crippen molar-refractivity contribution < 1.29 is 4.79 Å². The Kier molecular flexibility index (Phi) is 3.01. The van der Waals surface area contributed by atoms with Crippen LogP contribution in [-0.4, -0.2) is 15.7 Å². The number of halogens is 1. The van der Waals surface area contributed by atoms with Crippen LogP contribution in [-0.2, 0) is 6.54 Å². The zero-order valence-electron chi connectivity index (χ0n) is 8.93. The highest BCUT2D eigenvalue weighted by Gasteiger charge is 2.06. The summed E-state index contributed by atoms with van der Waals surface area (Å²) >= 11 is 5.88. The first kappa shape index (κ1) is 11.5. The van der Waals surface area contributed by atoms with Crippen LogP contribution in [0.25, 0.3) is 0 Å². The van der Waals surface area contributed by atoms with Crippen LogP contribution in [0.2, 0.25) is 5.02 Å². The maximum Gasteiger partial charge on any atom is 0.251 e. The minimum atomic E-state index is -0.504. The Morgan fingerprint density at radius 2 is 2.24 bits per heavy atom. The van der Waals surface area contributed by atoms with Crippen molar-refractivity contribution in [3.63, 3.8) is 0 Å². The number of hydrogen-bond acceptors (Lipinski definition) is 3. The van der Waals surface area contributed by atoms with Gasteiger partial charge < -0.3 is 11.5 Å². The predicted octanol–water partition coefficient (Wildman–Crippen LogP) is 1.27. The highest BCUT2D eigenvalue weighted by molar-refractivity contribution is 6.30. The molecule has 0 unspecified atom stereocenters. The molecule has 0 saturated heterocycles. The molecular weight excluding hydrogens is 240 g/mol. The second kappa shape index (κ2) is 4.47. The Hall–Kier alpha value is -2.01. The second-order valence-electron chi connectivity index (χ2n) is 3.63. The third kappa shape index (κ3) is 2.57. The van der Waals surface area contributed by atoms with Crippen molar-refractivity contribution in [1.29, 1.82) is 0 Å². The Morgan fingerprint density at radius 1 is 1.47 bits per heavy atom. The van der Waals surface area contributed by atoms with Crippen LogP contribution < -0.4 is 11.5 Å². The van der Waals surface area contributed by atoms with Crippen LogP contribution >= 0.6 is 11.6 Å². The van der Waals surface area contributed by atoms with Crippen molar-refractivity contribution in [3.05, 3.63) is 46.7 Å². The predicted molar refractivity (Wildman–Crippen MR) is 65.7 cm³/mol. The number of primary amides is 1. The van der Waals surface area contributed by atoms with Gasteiger partial charge in [-0.1, -0.05) is 11.6 Å². The summed E-state index contributed by atoms with van der Waals surface area (Å²) < 4.78 is 1.59. The average Bonchev–Trinajstić information content (AvgIpc) is 2.72. The number of amides is 1. The van der Waals surface area contributed by atoms with E-state index in [4.69, 9.17) is 23.1 Å². The van der Waals surface area contributed by atoms with Crippen LogP contribution in [0.1, 0.15) is 15.9 Å². The minimum Gasteiger partial charge on any atom is -0.398 e. The van der Waals surface area contributed by atoms with Gasteiger partial charge in [-0.2, -0.15) is 5.10 Å². The number of anilines is 1. The number of nitrogens with two attached hydrogens (primary N) is 2. The molecule has 1 aromatic heterocycles. The molecular formula is C11H11ClN4O. The zero-order valence-corrected chi connectivity index (χ0v) is 9.69. The molecule has 2 aromatic rings. The van der Waals surface area contributed by atoms with Gasteiger partial charge in [-0.15, -0.1) is 0 Å². The molecule has 2 rings (SSSR count). The van der Waals surface area contributed by atoms with E-state index in [9.17, 15) is 4.79 Å². The summed E-state index contributed by atoms with van der Waals surface area (Å²) in [7, 11) is 0. The first-order chi connectivity index (χ1) is 8.06. The molecule has 1 aromatic carbocycles. The fourth-order valence-corrected chi connectivity index (χ4v) is 1.66. The first-order valence-corrected chi connectivity index (χ1v) is 5.30. The quantitative estimate of drug-likeness (QED) is 0.804. The number of carbonyl (C=O) groups is 1. The van der Waals surface area contributed by atoms with Crippen molar-refractivity contribution >= 4 is 23.2 Å². The van der Waals surface area contributed by atoms with E-state index in [-0.39, 0.29) is 0 Å². The lowest BCUT2D eigenvalue weighted by molar-refractivity contribution is 0.1000. The fraction of sp³-hybridized carbons (Fsp3) is 0.0909. The molecule has 17 heavy (non-hydrogen) atoms. The number of nitrogen functional groups attached to an aromatic ring is 1. The molecule has 88 valence electrons. The Morgan fingerprint density at radius 3 is 2.88 bits per heavy atom. The summed E-state index contributed by atoms with van der Waals surface area (Å²) in [5.41, 5.74) is 12.8. The topological polar surface area (TPSA) is 86.9 Å². The normalized spacial score (nSPS) is 10.4. The largest absolute Gasteiger partial charge is 0.398 e. The van der Waals surface area contributed by atoms with Crippen molar-refractivity contribution in [2.45, 2.75) is 6.54 Å². The first-order valence-electron chi connectivity index (χ1n) is 4.92. The lowest BCUT2D eigenvalue weighted by Gasteiger charge is -2.06. The summed E-state index contributed by atoms with van der Waals surface area (Å²) in [5, 5.41) is 4.63. The molecule has 0 spiro atoms. The Labute approximate surface area is 103 Å². The standard InChI is InChI=1S/C11H11ClN4O/c12-9-1-2-10(13)7(3-9)5-16-6-8(4-15-16)11(14)17/h1-4,6H,5,13H2,(H2,14,17). The van der Waals surface area contributed by atoms with Gasteiger partial charge in [0.2, 0.25) is 0 Å². The van der Waals surface area contributed by atoms with E-state index < -0.39 is 5.91 Å². The zero-order chi connectivity index (χ0) is 12.4. The van der Waals surface area contributed by atoms with E-state index in [2.05, 4.69) is 5.10 Å². The van der Waals surface area contributed by atoms with E-state index >= 15 is 0 Å². The van der Waals surface area contributed by atoms with E-state index in [1.54, 1.807) is 29.1 Å². The monoisotopic (exact) mass is 250 g/mol. The second-order valence-corrected chi connectivity index (χ2v) is 4.07. The highest BCUT2D eigenvalue weighted by Crippen LogP contribution is 2.18. The van der Waals surface area contributed by atoms with Gasteiger partial charge in [0.05, 0.1) is 18.3 Å². The van der Waals surface area contributed by atoms with Crippen molar-refractivity contribution in [1.82, 2.24) is 9.78 Å². The van der Waals surface area contributed by atoms with Gasteiger partial charge in [0.1, 0.15) is 0 Å². The molecule has 1 heterocycles. The lowest BCUT2D eigenvalue weighted by Crippen LogP contribution is -2.09. The maximum atomic E-state index is 10.9. The van der Waals surface area contributed by atoms with E-state index in [1.165, 1.54) is 6.20 Å². The van der Waals surface area contributed by atoms with Gasteiger partial charge in [-0.3, -0.25) is 9.48 Å². The molecule has 0 radical (unpaired) electrons. The molecule has 5 nitrogen and oxygen atoms in total. The number of benzene rings is 1. The summed E-state index contributed by atoms with van der Waals surface area (Å²) in [5.74, 6) is -0.504. The SMILES string of the molecule is NC(=O)c1cnn(Cc2cc(Cl)ccc2N)c1. The lowest BCUT2D eigenvalue weighted by atomic mass is 10.2. The van der Waals surface area contributed by atoms with Gasteiger partial charge in [0.15, 0.2) is 0 Å². The molecule has 6 heteroatoms. The molecule has 0 fully saturated rings.